The van der Waals surface area contributed by atoms with Gasteiger partial charge in [0.05, 0.1) is 39.9 Å². The number of nitrogens with one attached hydrogen (secondary N) is 1. The molecule has 0 fully saturated rings. The van der Waals surface area contributed by atoms with Gasteiger partial charge in [0.1, 0.15) is 13.2 Å². The molecule has 3 unspecified atom stereocenters. The summed E-state index contributed by atoms with van der Waals surface area (Å²) in [6.07, 6.45) is 54.8. The molecule has 2 N–H and O–H groups in total. The van der Waals surface area contributed by atoms with Crippen molar-refractivity contribution in [2.75, 3.05) is 40.9 Å². The molecule has 0 heterocycles. The molecule has 0 aliphatic rings. The van der Waals surface area contributed by atoms with Gasteiger partial charge in [-0.2, -0.15) is 0 Å². The van der Waals surface area contributed by atoms with Crippen LogP contribution in [0, 0.1) is 0 Å². The number of rotatable bonds is 47. The number of nitrogens with zero attached hydrogens (tertiary/aromatic N) is 1. The Balaban J connectivity index is 4.31. The summed E-state index contributed by atoms with van der Waals surface area (Å²) in [5, 5.41) is 13.9. The van der Waals surface area contributed by atoms with Crippen molar-refractivity contribution in [1.29, 1.82) is 0 Å². The molecule has 8 nitrogen and oxygen atoms in total. The second-order valence-corrected chi connectivity index (χ2v) is 20.3. The van der Waals surface area contributed by atoms with Gasteiger partial charge in [-0.25, -0.2) is 0 Å². The first-order chi connectivity index (χ1) is 29.5. The minimum atomic E-state index is -4.59. The van der Waals surface area contributed by atoms with Gasteiger partial charge in [-0.05, 0) is 44.9 Å². The lowest BCUT2D eigenvalue weighted by Gasteiger charge is -2.29. The van der Waals surface area contributed by atoms with Crippen LogP contribution < -0.4 is 10.2 Å². The molecule has 61 heavy (non-hydrogen) atoms. The number of hydrogen-bond donors (Lipinski definition) is 2. The van der Waals surface area contributed by atoms with Crippen LogP contribution in [0.25, 0.3) is 0 Å². The Morgan fingerprint density at radius 3 is 1.36 bits per heavy atom. The van der Waals surface area contributed by atoms with Crippen LogP contribution in [0.3, 0.4) is 0 Å². The summed E-state index contributed by atoms with van der Waals surface area (Å²) in [5.74, 6) is -0.200. The van der Waals surface area contributed by atoms with Gasteiger partial charge in [-0.1, -0.05) is 224 Å². The number of allylic oxidation sites excluding steroid dienone is 5. The van der Waals surface area contributed by atoms with Crippen LogP contribution in [-0.4, -0.2) is 68.5 Å². The SMILES string of the molecule is CCCCC/C=C\C=C/CCCCCCCCCCCCC(=O)NC(COP(=O)([O-])OCC[N+](C)(C)C)C(O)/C=C/CCCCCCCCCCCCCCCCCCCC. The molecule has 0 radical (unpaired) electrons. The highest BCUT2D eigenvalue weighted by molar-refractivity contribution is 7.45. The lowest BCUT2D eigenvalue weighted by molar-refractivity contribution is -0.870. The van der Waals surface area contributed by atoms with E-state index in [1.165, 1.54) is 180 Å². The van der Waals surface area contributed by atoms with E-state index in [9.17, 15) is 19.4 Å². The third-order valence-corrected chi connectivity index (χ3v) is 12.6. The minimum Gasteiger partial charge on any atom is -0.756 e. The number of quaternary nitrogens is 1. The number of carbonyl (C=O) groups excluding carboxylic acids is 1. The first-order valence-electron chi connectivity index (χ1n) is 25.9. The molecule has 0 aliphatic carbocycles. The molecule has 0 bridgehead atoms. The van der Waals surface area contributed by atoms with Crippen LogP contribution in [0.4, 0.5) is 0 Å². The van der Waals surface area contributed by atoms with Crippen molar-refractivity contribution in [3.05, 3.63) is 36.5 Å². The summed E-state index contributed by atoms with van der Waals surface area (Å²) in [6, 6.07) is -0.887. The van der Waals surface area contributed by atoms with Crippen molar-refractivity contribution in [3.8, 4) is 0 Å². The maximum absolute atomic E-state index is 12.9. The lowest BCUT2D eigenvalue weighted by atomic mass is 10.0. The van der Waals surface area contributed by atoms with Crippen LogP contribution in [0.5, 0.6) is 0 Å². The van der Waals surface area contributed by atoms with Crippen molar-refractivity contribution in [2.45, 2.75) is 251 Å². The molecule has 0 saturated heterocycles. The zero-order valence-corrected chi connectivity index (χ0v) is 41.8. The molecule has 0 rings (SSSR count). The number of likely N-dealkylation sites (N-methyl/N-ethyl adjacent to an activating group) is 1. The van der Waals surface area contributed by atoms with Crippen LogP contribution >= 0.6 is 7.82 Å². The maximum Gasteiger partial charge on any atom is 0.268 e. The standard InChI is InChI=1S/C52H101N2O6P/c1-6-8-10-12-14-16-18-20-22-24-26-28-29-31-33-35-37-39-41-43-45-51(55)50(49-60-61(57,58)59-48-47-54(3,4)5)53-52(56)46-44-42-40-38-36-34-32-30-27-25-23-21-19-17-15-13-11-9-7-2/h15,17,19,21,43,45,50-51,55H,6-14,16,18,20,22-42,44,46-49H2,1-5H3,(H-,53,56,57,58)/b17-15-,21-19-,45-43+. The average molecular weight is 881 g/mol. The normalized spacial score (nSPS) is 14.4. The topological polar surface area (TPSA) is 108 Å². The Hall–Kier alpha value is -1.28. The Kier molecular flexibility index (Phi) is 43.0. The fraction of sp³-hybridized carbons (Fsp3) is 0.865. The van der Waals surface area contributed by atoms with Crippen LogP contribution in [0.2, 0.25) is 0 Å². The highest BCUT2D eigenvalue weighted by atomic mass is 31.2. The lowest BCUT2D eigenvalue weighted by Crippen LogP contribution is -2.45. The monoisotopic (exact) mass is 881 g/mol. The Morgan fingerprint density at radius 2 is 0.934 bits per heavy atom. The van der Waals surface area contributed by atoms with Crippen LogP contribution in [0.1, 0.15) is 239 Å². The molecule has 0 aromatic heterocycles. The van der Waals surface area contributed by atoms with Crippen LogP contribution in [-0.2, 0) is 18.4 Å². The molecule has 3 atom stereocenters. The number of aliphatic hydroxyl groups excluding tert-OH is 1. The first-order valence-corrected chi connectivity index (χ1v) is 27.3. The van der Waals surface area contributed by atoms with Crippen molar-refractivity contribution >= 4 is 13.7 Å². The zero-order valence-electron chi connectivity index (χ0n) is 40.9. The summed E-state index contributed by atoms with van der Waals surface area (Å²) in [7, 11) is 1.26. The van der Waals surface area contributed by atoms with Gasteiger partial charge >= 0.3 is 0 Å². The van der Waals surface area contributed by atoms with E-state index in [0.717, 1.165) is 38.5 Å². The third kappa shape index (κ3) is 46.5. The van der Waals surface area contributed by atoms with E-state index in [2.05, 4.69) is 43.5 Å². The van der Waals surface area contributed by atoms with E-state index in [-0.39, 0.29) is 19.1 Å². The smallest absolute Gasteiger partial charge is 0.268 e. The van der Waals surface area contributed by atoms with Crippen molar-refractivity contribution in [3.63, 3.8) is 0 Å². The quantitative estimate of drug-likeness (QED) is 0.0207. The zero-order chi connectivity index (χ0) is 45.0. The van der Waals surface area contributed by atoms with E-state index in [1.807, 2.05) is 27.2 Å². The minimum absolute atomic E-state index is 0.00144. The van der Waals surface area contributed by atoms with Gasteiger partial charge in [0.25, 0.3) is 7.82 Å². The number of aliphatic hydroxyl groups is 1. The van der Waals surface area contributed by atoms with Crippen molar-refractivity contribution < 1.29 is 32.9 Å². The molecule has 1 amide bonds. The molecule has 0 saturated carbocycles. The molecule has 9 heteroatoms. The number of hydrogen-bond acceptors (Lipinski definition) is 6. The molecule has 0 spiro atoms. The van der Waals surface area contributed by atoms with E-state index in [0.29, 0.717) is 17.4 Å². The average Bonchev–Trinajstić information content (AvgIpc) is 3.21. The molecule has 360 valence electrons. The number of phosphoric acid groups is 1. The molecule has 0 aromatic rings. The second-order valence-electron chi connectivity index (χ2n) is 18.9. The molecule has 0 aliphatic heterocycles. The fourth-order valence-corrected chi connectivity index (χ4v) is 8.22. The van der Waals surface area contributed by atoms with Gasteiger partial charge < -0.3 is 28.8 Å². The first kappa shape index (κ1) is 59.7. The van der Waals surface area contributed by atoms with E-state index in [4.69, 9.17) is 9.05 Å². The second kappa shape index (κ2) is 43.9. The number of phosphoric ester groups is 1. The van der Waals surface area contributed by atoms with E-state index < -0.39 is 20.0 Å². The number of unbranched alkanes of at least 4 members (excludes halogenated alkanes) is 31. The summed E-state index contributed by atoms with van der Waals surface area (Å²) < 4.78 is 23.3. The summed E-state index contributed by atoms with van der Waals surface area (Å²) >= 11 is 0. The van der Waals surface area contributed by atoms with Gasteiger partial charge in [0, 0.05) is 6.42 Å². The number of amides is 1. The largest absolute Gasteiger partial charge is 0.756 e. The molecular formula is C52H101N2O6P. The predicted octanol–water partition coefficient (Wildman–Crippen LogP) is 14.4. The Labute approximate surface area is 378 Å². The van der Waals surface area contributed by atoms with Crippen molar-refractivity contribution in [1.82, 2.24) is 5.32 Å². The van der Waals surface area contributed by atoms with Crippen molar-refractivity contribution in [2.24, 2.45) is 0 Å². The maximum atomic E-state index is 12.9. The summed E-state index contributed by atoms with van der Waals surface area (Å²) in [5.41, 5.74) is 0. The van der Waals surface area contributed by atoms with Gasteiger partial charge in [-0.15, -0.1) is 0 Å². The molecule has 0 aromatic carbocycles. The Bertz CT molecular complexity index is 1090. The highest BCUT2D eigenvalue weighted by Gasteiger charge is 2.23. The number of carbonyl (C=O) groups is 1. The van der Waals surface area contributed by atoms with Gasteiger partial charge in [-0.3, -0.25) is 9.36 Å². The fourth-order valence-electron chi connectivity index (χ4n) is 7.50. The van der Waals surface area contributed by atoms with Gasteiger partial charge in [0.15, 0.2) is 0 Å². The third-order valence-electron chi connectivity index (χ3n) is 11.6. The van der Waals surface area contributed by atoms with E-state index in [1.54, 1.807) is 6.08 Å². The highest BCUT2D eigenvalue weighted by Crippen LogP contribution is 2.38. The van der Waals surface area contributed by atoms with E-state index >= 15 is 0 Å². The van der Waals surface area contributed by atoms with Gasteiger partial charge in [0.2, 0.25) is 5.91 Å². The predicted molar refractivity (Wildman–Crippen MR) is 261 cm³/mol. The van der Waals surface area contributed by atoms with Crippen LogP contribution in [0.15, 0.2) is 36.5 Å². The summed E-state index contributed by atoms with van der Waals surface area (Å²) in [4.78, 5) is 25.4. The molecular weight excluding hydrogens is 780 g/mol. The summed E-state index contributed by atoms with van der Waals surface area (Å²) in [6.45, 7) is 4.64. The Morgan fingerprint density at radius 1 is 0.574 bits per heavy atom.